The molecule has 0 bridgehead atoms. The van der Waals surface area contributed by atoms with Crippen LogP contribution in [0.25, 0.3) is 10.9 Å². The number of benzene rings is 1. The Hall–Kier alpha value is -2.86. The molecule has 1 atom stereocenters. The third-order valence-electron chi connectivity index (χ3n) is 6.33. The number of pyridine rings is 1. The first-order chi connectivity index (χ1) is 14.5. The number of carbonyl (C=O) groups is 1. The second kappa shape index (κ2) is 8.88. The molecule has 0 aliphatic carbocycles. The monoisotopic (exact) mass is 406 g/mol. The summed E-state index contributed by atoms with van der Waals surface area (Å²) in [4.78, 5) is 31.4. The van der Waals surface area contributed by atoms with Crippen LogP contribution in [0.5, 0.6) is 0 Å². The van der Waals surface area contributed by atoms with E-state index in [9.17, 15) is 9.59 Å². The Balaban J connectivity index is 1.43. The molecular formula is C24H30N4O2. The Labute approximate surface area is 176 Å². The molecule has 1 aliphatic heterocycles. The van der Waals surface area contributed by atoms with Crippen molar-refractivity contribution in [2.45, 2.75) is 45.2 Å². The van der Waals surface area contributed by atoms with Gasteiger partial charge in [-0.25, -0.2) is 0 Å². The lowest BCUT2D eigenvalue weighted by Gasteiger charge is -2.19. The number of amides is 1. The fourth-order valence-corrected chi connectivity index (χ4v) is 4.48. The minimum absolute atomic E-state index is 0.217. The van der Waals surface area contributed by atoms with Gasteiger partial charge in [-0.1, -0.05) is 18.2 Å². The fourth-order valence-electron chi connectivity index (χ4n) is 4.48. The number of H-pyrrole nitrogens is 1. The van der Waals surface area contributed by atoms with Gasteiger partial charge in [0.05, 0.1) is 0 Å². The lowest BCUT2D eigenvalue weighted by molar-refractivity contribution is 0.0947. The molecule has 2 N–H and O–H groups in total. The second-order valence-corrected chi connectivity index (χ2v) is 8.30. The molecule has 1 unspecified atom stereocenters. The normalized spacial score (nSPS) is 16.9. The third-order valence-corrected chi connectivity index (χ3v) is 6.33. The van der Waals surface area contributed by atoms with E-state index in [4.69, 9.17) is 0 Å². The van der Waals surface area contributed by atoms with Crippen LogP contribution in [0.1, 0.15) is 40.7 Å². The zero-order valence-electron chi connectivity index (χ0n) is 17.8. The Morgan fingerprint density at radius 3 is 2.90 bits per heavy atom. The molecule has 1 fully saturated rings. The number of hydrogen-bond donors (Lipinski definition) is 2. The molecule has 1 saturated heterocycles. The highest BCUT2D eigenvalue weighted by molar-refractivity contribution is 5.95. The molecule has 3 heterocycles. The van der Waals surface area contributed by atoms with Crippen LogP contribution in [0.4, 0.5) is 0 Å². The highest BCUT2D eigenvalue weighted by Crippen LogP contribution is 2.19. The van der Waals surface area contributed by atoms with E-state index in [1.54, 1.807) is 10.8 Å². The number of rotatable bonds is 7. The molecule has 0 radical (unpaired) electrons. The lowest BCUT2D eigenvalue weighted by Crippen LogP contribution is -2.36. The number of aromatic nitrogens is 2. The summed E-state index contributed by atoms with van der Waals surface area (Å²) in [6, 6.07) is 10.5. The number of nitrogens with one attached hydrogen (secondary N) is 2. The van der Waals surface area contributed by atoms with Gasteiger partial charge in [-0.15, -0.1) is 0 Å². The van der Waals surface area contributed by atoms with E-state index in [1.165, 1.54) is 23.8 Å². The minimum atomic E-state index is -0.264. The number of aromatic amines is 1. The maximum atomic E-state index is 13.0. The number of aryl methyl sites for hydroxylation is 3. The summed E-state index contributed by atoms with van der Waals surface area (Å²) < 4.78 is 1.65. The van der Waals surface area contributed by atoms with E-state index in [-0.39, 0.29) is 17.0 Å². The molecule has 1 amide bonds. The molecule has 0 spiro atoms. The standard InChI is InChI=1S/C24H30N4O2/c1-17-10-14-28(15-11-18-16-26-21-8-4-3-7-20(18)21)24(30)22(17)23(29)25-12-9-19-6-5-13-27(19)2/h3-4,7-8,10,14,16,19,26H,5-6,9,11-13,15H2,1-2H3,(H,25,29). The molecule has 3 aromatic rings. The number of hydrogen-bond acceptors (Lipinski definition) is 3. The van der Waals surface area contributed by atoms with Crippen LogP contribution in [0, 0.1) is 6.92 Å². The Morgan fingerprint density at radius 2 is 2.10 bits per heavy atom. The topological polar surface area (TPSA) is 70.1 Å². The molecule has 6 heteroatoms. The SMILES string of the molecule is Cc1ccn(CCc2c[nH]c3ccccc23)c(=O)c1C(=O)NCCC1CCCN1C. The van der Waals surface area contributed by atoms with Crippen LogP contribution in [0.2, 0.25) is 0 Å². The van der Waals surface area contributed by atoms with Gasteiger partial charge in [-0.3, -0.25) is 9.59 Å². The van der Waals surface area contributed by atoms with Crippen LogP contribution >= 0.6 is 0 Å². The number of para-hydroxylation sites is 1. The van der Waals surface area contributed by atoms with Crippen molar-refractivity contribution < 1.29 is 4.79 Å². The predicted molar refractivity (Wildman–Crippen MR) is 120 cm³/mol. The molecule has 4 rings (SSSR count). The summed E-state index contributed by atoms with van der Waals surface area (Å²) in [7, 11) is 2.13. The van der Waals surface area contributed by atoms with Crippen LogP contribution in [0.15, 0.2) is 47.5 Å². The highest BCUT2D eigenvalue weighted by Gasteiger charge is 2.21. The average molecular weight is 407 g/mol. The number of nitrogens with zero attached hydrogens (tertiary/aromatic N) is 2. The van der Waals surface area contributed by atoms with Crippen LogP contribution in [0.3, 0.4) is 0 Å². The number of fused-ring (bicyclic) bond motifs is 1. The van der Waals surface area contributed by atoms with Crippen LogP contribution in [-0.4, -0.2) is 46.5 Å². The fraction of sp³-hybridized carbons (Fsp3) is 0.417. The molecular weight excluding hydrogens is 376 g/mol. The van der Waals surface area contributed by atoms with Gasteiger partial charge < -0.3 is 19.8 Å². The van der Waals surface area contributed by atoms with E-state index in [0.29, 0.717) is 19.1 Å². The summed E-state index contributed by atoms with van der Waals surface area (Å²) in [6.07, 6.45) is 7.82. The summed E-state index contributed by atoms with van der Waals surface area (Å²) >= 11 is 0. The van der Waals surface area contributed by atoms with Crippen molar-refractivity contribution in [1.29, 1.82) is 0 Å². The lowest BCUT2D eigenvalue weighted by atomic mass is 10.1. The van der Waals surface area contributed by atoms with E-state index < -0.39 is 0 Å². The average Bonchev–Trinajstić information content (AvgIpc) is 3.34. The number of carbonyl (C=O) groups excluding carboxylic acids is 1. The molecule has 158 valence electrons. The highest BCUT2D eigenvalue weighted by atomic mass is 16.2. The smallest absolute Gasteiger partial charge is 0.263 e. The van der Waals surface area contributed by atoms with Gasteiger partial charge in [0, 0.05) is 42.4 Å². The van der Waals surface area contributed by atoms with Crippen molar-refractivity contribution >= 4 is 16.8 Å². The molecule has 2 aromatic heterocycles. The largest absolute Gasteiger partial charge is 0.361 e. The first-order valence-corrected chi connectivity index (χ1v) is 10.8. The zero-order chi connectivity index (χ0) is 21.1. The maximum absolute atomic E-state index is 13.0. The van der Waals surface area contributed by atoms with Gasteiger partial charge in [-0.2, -0.15) is 0 Å². The van der Waals surface area contributed by atoms with E-state index >= 15 is 0 Å². The summed E-state index contributed by atoms with van der Waals surface area (Å²) in [6.45, 7) is 4.08. The van der Waals surface area contributed by atoms with Crippen molar-refractivity contribution in [3.63, 3.8) is 0 Å². The summed E-state index contributed by atoms with van der Waals surface area (Å²) in [5, 5.41) is 4.14. The van der Waals surface area contributed by atoms with E-state index in [2.05, 4.69) is 28.3 Å². The van der Waals surface area contributed by atoms with Crippen LogP contribution < -0.4 is 10.9 Å². The Morgan fingerprint density at radius 1 is 1.27 bits per heavy atom. The summed E-state index contributed by atoms with van der Waals surface area (Å²) in [5.41, 5.74) is 3.03. The minimum Gasteiger partial charge on any atom is -0.361 e. The zero-order valence-corrected chi connectivity index (χ0v) is 17.8. The van der Waals surface area contributed by atoms with Crippen molar-refractivity contribution in [3.8, 4) is 0 Å². The second-order valence-electron chi connectivity index (χ2n) is 8.30. The van der Waals surface area contributed by atoms with E-state index in [0.717, 1.165) is 30.5 Å². The third kappa shape index (κ3) is 4.19. The van der Waals surface area contributed by atoms with Gasteiger partial charge in [-0.05, 0) is 69.5 Å². The van der Waals surface area contributed by atoms with Gasteiger partial charge in [0.25, 0.3) is 11.5 Å². The predicted octanol–water partition coefficient (Wildman–Crippen LogP) is 3.09. The summed E-state index contributed by atoms with van der Waals surface area (Å²) in [5.74, 6) is -0.264. The van der Waals surface area contributed by atoms with Crippen molar-refractivity contribution in [2.75, 3.05) is 20.1 Å². The van der Waals surface area contributed by atoms with E-state index in [1.807, 2.05) is 37.4 Å². The Bertz CT molecular complexity index is 1100. The molecule has 30 heavy (non-hydrogen) atoms. The molecule has 1 aromatic carbocycles. The molecule has 0 saturated carbocycles. The van der Waals surface area contributed by atoms with Crippen molar-refractivity contribution in [1.82, 2.24) is 19.8 Å². The molecule has 6 nitrogen and oxygen atoms in total. The number of likely N-dealkylation sites (tertiary alicyclic amines) is 1. The maximum Gasteiger partial charge on any atom is 0.263 e. The van der Waals surface area contributed by atoms with Gasteiger partial charge >= 0.3 is 0 Å². The van der Waals surface area contributed by atoms with Crippen LogP contribution in [-0.2, 0) is 13.0 Å². The van der Waals surface area contributed by atoms with Gasteiger partial charge in [0.2, 0.25) is 0 Å². The van der Waals surface area contributed by atoms with Crippen molar-refractivity contribution in [2.24, 2.45) is 0 Å². The first-order valence-electron chi connectivity index (χ1n) is 10.8. The first kappa shape index (κ1) is 20.4. The Kier molecular flexibility index (Phi) is 6.04. The quantitative estimate of drug-likeness (QED) is 0.633. The molecule has 1 aliphatic rings. The van der Waals surface area contributed by atoms with Gasteiger partial charge in [0.15, 0.2) is 0 Å². The van der Waals surface area contributed by atoms with Gasteiger partial charge in [0.1, 0.15) is 5.56 Å². The van der Waals surface area contributed by atoms with Crippen molar-refractivity contribution in [3.05, 3.63) is 69.8 Å².